The number of aromatic nitrogens is 4. The predicted octanol–water partition coefficient (Wildman–Crippen LogP) is 5.46. The van der Waals surface area contributed by atoms with E-state index in [4.69, 9.17) is 4.74 Å². The van der Waals surface area contributed by atoms with Gasteiger partial charge in [-0.3, -0.25) is 14.8 Å². The Morgan fingerprint density at radius 2 is 1.84 bits per heavy atom. The molecule has 0 unspecified atom stereocenters. The van der Waals surface area contributed by atoms with E-state index in [1.165, 1.54) is 11.0 Å². The Bertz CT molecular complexity index is 1630. The van der Waals surface area contributed by atoms with Crippen molar-refractivity contribution in [1.82, 2.24) is 24.8 Å². The van der Waals surface area contributed by atoms with E-state index in [2.05, 4.69) is 25.3 Å². The Kier molecular flexibility index (Phi) is 6.74. The van der Waals surface area contributed by atoms with Crippen molar-refractivity contribution >= 4 is 22.6 Å². The lowest BCUT2D eigenvalue weighted by atomic mass is 9.99. The zero-order valence-corrected chi connectivity index (χ0v) is 21.5. The maximum absolute atomic E-state index is 15.6. The molecule has 5 aromatic rings. The summed E-state index contributed by atoms with van der Waals surface area (Å²) in [4.78, 5) is 30.8. The van der Waals surface area contributed by atoms with Crippen LogP contribution in [0.5, 0.6) is 5.75 Å². The molecule has 0 bridgehead atoms. The molecule has 0 spiro atoms. The van der Waals surface area contributed by atoms with Crippen LogP contribution < -0.4 is 10.1 Å². The van der Waals surface area contributed by atoms with Crippen molar-refractivity contribution in [2.24, 2.45) is 0 Å². The van der Waals surface area contributed by atoms with Gasteiger partial charge in [-0.15, -0.1) is 0 Å². The zero-order valence-electron chi connectivity index (χ0n) is 21.5. The molecule has 2 N–H and O–H groups in total. The molecular weight excluding hydrogens is 483 g/mol. The van der Waals surface area contributed by atoms with Crippen LogP contribution >= 0.6 is 0 Å². The number of para-hydroxylation sites is 1. The van der Waals surface area contributed by atoms with Gasteiger partial charge in [-0.25, -0.2) is 9.37 Å². The number of methoxy groups -OCH3 is 1. The molecular formula is C29H27FN6O2. The fraction of sp³-hybridized carbons (Fsp3) is 0.172. The maximum Gasteiger partial charge on any atom is 0.255 e. The van der Waals surface area contributed by atoms with Crippen LogP contribution in [-0.2, 0) is 6.54 Å². The second-order valence-electron chi connectivity index (χ2n) is 9.11. The highest BCUT2D eigenvalue weighted by atomic mass is 19.1. The molecule has 0 aliphatic rings. The van der Waals surface area contributed by atoms with E-state index in [1.54, 1.807) is 45.9 Å². The molecule has 0 fully saturated rings. The van der Waals surface area contributed by atoms with Gasteiger partial charge in [-0.2, -0.15) is 0 Å². The lowest BCUT2D eigenvalue weighted by molar-refractivity contribution is 0.0828. The Labute approximate surface area is 219 Å². The average molecular weight is 511 g/mol. The van der Waals surface area contributed by atoms with E-state index in [-0.39, 0.29) is 23.7 Å². The molecule has 38 heavy (non-hydrogen) atoms. The Hall–Kier alpha value is -4.79. The van der Waals surface area contributed by atoms with Crippen LogP contribution in [-0.4, -0.2) is 51.9 Å². The number of hydrogen-bond acceptors (Lipinski definition) is 6. The first kappa shape index (κ1) is 24.9. The molecule has 3 heterocycles. The number of rotatable bonds is 7. The minimum Gasteiger partial charge on any atom is -0.496 e. The summed E-state index contributed by atoms with van der Waals surface area (Å²) in [6.45, 7) is 2.06. The first-order chi connectivity index (χ1) is 18.4. The van der Waals surface area contributed by atoms with Crippen molar-refractivity contribution in [2.75, 3.05) is 26.5 Å². The summed E-state index contributed by atoms with van der Waals surface area (Å²) >= 11 is 0. The largest absolute Gasteiger partial charge is 0.496 e. The van der Waals surface area contributed by atoms with Crippen molar-refractivity contribution in [3.63, 3.8) is 0 Å². The van der Waals surface area contributed by atoms with Crippen LogP contribution in [0, 0.1) is 12.7 Å². The van der Waals surface area contributed by atoms with E-state index in [0.717, 1.165) is 28.0 Å². The van der Waals surface area contributed by atoms with Crippen LogP contribution in [0.2, 0.25) is 0 Å². The highest BCUT2D eigenvalue weighted by Gasteiger charge is 2.20. The molecule has 0 aliphatic heterocycles. The summed E-state index contributed by atoms with van der Waals surface area (Å²) in [5.74, 6) is -0.141. The Balaban J connectivity index is 1.57. The number of nitrogens with zero attached hydrogens (tertiary/aromatic N) is 4. The molecule has 1 amide bonds. The number of aryl methyl sites for hydroxylation is 1. The summed E-state index contributed by atoms with van der Waals surface area (Å²) in [5, 5.41) is 3.90. The normalized spacial score (nSPS) is 11.0. The molecule has 9 heteroatoms. The molecule has 192 valence electrons. The van der Waals surface area contributed by atoms with Gasteiger partial charge in [-0.05, 0) is 36.8 Å². The molecule has 8 nitrogen and oxygen atoms in total. The molecule has 3 aromatic heterocycles. The molecule has 0 saturated carbocycles. The maximum atomic E-state index is 15.6. The van der Waals surface area contributed by atoms with Gasteiger partial charge >= 0.3 is 0 Å². The third-order valence-electron chi connectivity index (χ3n) is 6.27. The van der Waals surface area contributed by atoms with Crippen molar-refractivity contribution in [1.29, 1.82) is 0 Å². The number of benzene rings is 2. The van der Waals surface area contributed by atoms with Gasteiger partial charge < -0.3 is 19.9 Å². The average Bonchev–Trinajstić information content (AvgIpc) is 3.35. The predicted molar refractivity (Wildman–Crippen MR) is 146 cm³/mol. The topological polar surface area (TPSA) is 96.0 Å². The highest BCUT2D eigenvalue weighted by Crippen LogP contribution is 2.37. The monoisotopic (exact) mass is 510 g/mol. The fourth-order valence-electron chi connectivity index (χ4n) is 4.30. The van der Waals surface area contributed by atoms with Gasteiger partial charge in [0.25, 0.3) is 5.91 Å². The summed E-state index contributed by atoms with van der Waals surface area (Å²) in [7, 11) is 4.90. The standard InChI is InChI=1S/C29H27FN6O2/c1-17-12-32-20(14-31-17)15-33-27-23(29(37)36(2)3)9-18(11-25(27)30)19-10-22-24(16-35-28(22)34-13-19)21-7-5-6-8-26(21)38-4/h5-14,16,33H,15H2,1-4H3,(H,34,35). The molecule has 0 aliphatic carbocycles. The van der Waals surface area contributed by atoms with Crippen molar-refractivity contribution in [3.8, 4) is 28.0 Å². The lowest BCUT2D eigenvalue weighted by Crippen LogP contribution is -2.23. The molecule has 5 rings (SSSR count). The number of amides is 1. The number of nitrogens with one attached hydrogen (secondary N) is 2. The number of H-pyrrole nitrogens is 1. The summed E-state index contributed by atoms with van der Waals surface area (Å²) in [6.07, 6.45) is 6.81. The van der Waals surface area contributed by atoms with E-state index in [9.17, 15) is 4.79 Å². The summed E-state index contributed by atoms with van der Waals surface area (Å²) in [6, 6.07) is 12.8. The SMILES string of the molecule is COc1ccccc1-c1c[nH]c2ncc(-c3cc(F)c(NCc4cnc(C)cn4)c(C(=O)N(C)C)c3)cc12. The van der Waals surface area contributed by atoms with Crippen molar-refractivity contribution in [2.45, 2.75) is 13.5 Å². The first-order valence-corrected chi connectivity index (χ1v) is 12.0. The number of aromatic amines is 1. The third kappa shape index (κ3) is 4.78. The van der Waals surface area contributed by atoms with E-state index < -0.39 is 5.82 Å². The van der Waals surface area contributed by atoms with E-state index >= 15 is 4.39 Å². The Morgan fingerprint density at radius 3 is 2.58 bits per heavy atom. The summed E-state index contributed by atoms with van der Waals surface area (Å²) < 4.78 is 21.1. The van der Waals surface area contributed by atoms with Crippen molar-refractivity contribution in [3.05, 3.63) is 90.0 Å². The summed E-state index contributed by atoms with van der Waals surface area (Å²) in [5.41, 5.74) is 5.47. The minimum absolute atomic E-state index is 0.111. The third-order valence-corrected chi connectivity index (χ3v) is 6.27. The van der Waals surface area contributed by atoms with Crippen LogP contribution in [0.3, 0.4) is 0 Å². The second-order valence-corrected chi connectivity index (χ2v) is 9.11. The van der Waals surface area contributed by atoms with Gasteiger partial charge in [0, 0.05) is 54.8 Å². The highest BCUT2D eigenvalue weighted by molar-refractivity contribution is 6.02. The van der Waals surface area contributed by atoms with Crippen LogP contribution in [0.15, 0.2) is 67.3 Å². The first-order valence-electron chi connectivity index (χ1n) is 12.0. The van der Waals surface area contributed by atoms with Crippen LogP contribution in [0.25, 0.3) is 33.3 Å². The number of carbonyl (C=O) groups excluding carboxylic acids is 1. The minimum atomic E-state index is -0.549. The van der Waals surface area contributed by atoms with Gasteiger partial charge in [-0.1, -0.05) is 18.2 Å². The van der Waals surface area contributed by atoms with Gasteiger partial charge in [0.05, 0.1) is 42.5 Å². The molecule has 2 aromatic carbocycles. The number of ether oxygens (including phenoxy) is 1. The molecule has 0 radical (unpaired) electrons. The number of anilines is 1. The van der Waals surface area contributed by atoms with Crippen molar-refractivity contribution < 1.29 is 13.9 Å². The molecule has 0 atom stereocenters. The van der Waals surface area contributed by atoms with E-state index in [1.807, 2.05) is 43.5 Å². The smallest absolute Gasteiger partial charge is 0.255 e. The van der Waals surface area contributed by atoms with Crippen LogP contribution in [0.4, 0.5) is 10.1 Å². The number of hydrogen-bond donors (Lipinski definition) is 2. The second kappa shape index (κ2) is 10.3. The molecule has 0 saturated heterocycles. The lowest BCUT2D eigenvalue weighted by Gasteiger charge is -2.18. The van der Waals surface area contributed by atoms with Gasteiger partial charge in [0.15, 0.2) is 0 Å². The Morgan fingerprint density at radius 1 is 1.03 bits per heavy atom. The fourth-order valence-corrected chi connectivity index (χ4v) is 4.30. The van der Waals surface area contributed by atoms with Crippen LogP contribution in [0.1, 0.15) is 21.7 Å². The number of halogens is 1. The van der Waals surface area contributed by atoms with Gasteiger partial charge in [0.2, 0.25) is 0 Å². The number of carbonyl (C=O) groups is 1. The number of pyridine rings is 1. The number of fused-ring (bicyclic) bond motifs is 1. The zero-order chi connectivity index (χ0) is 26.8. The van der Waals surface area contributed by atoms with Gasteiger partial charge in [0.1, 0.15) is 17.2 Å². The van der Waals surface area contributed by atoms with E-state index in [0.29, 0.717) is 22.5 Å². The quantitative estimate of drug-likeness (QED) is 0.302.